The zero-order chi connectivity index (χ0) is 13.3. The van der Waals surface area contributed by atoms with Gasteiger partial charge in [0.15, 0.2) is 0 Å². The fourth-order valence-corrected chi connectivity index (χ4v) is 3.27. The van der Waals surface area contributed by atoms with E-state index in [-0.39, 0.29) is 0 Å². The second-order valence-electron chi connectivity index (χ2n) is 6.07. The van der Waals surface area contributed by atoms with E-state index >= 15 is 0 Å². The lowest BCUT2D eigenvalue weighted by atomic mass is 9.81. The molecule has 104 valence electrons. The lowest BCUT2D eigenvalue weighted by Crippen LogP contribution is -2.43. The normalized spacial score (nSPS) is 34.2. The summed E-state index contributed by atoms with van der Waals surface area (Å²) in [6.45, 7) is 4.06. The summed E-state index contributed by atoms with van der Waals surface area (Å²) in [6, 6.07) is 9.06. The van der Waals surface area contributed by atoms with Gasteiger partial charge in [0, 0.05) is 25.6 Å². The molecular formula is C16H23NO2. The fraction of sp³-hybridized carbons (Fsp3) is 0.625. The van der Waals surface area contributed by atoms with E-state index in [1.54, 1.807) is 0 Å². The first-order valence-electron chi connectivity index (χ1n) is 7.30. The Morgan fingerprint density at radius 3 is 2.84 bits per heavy atom. The number of ether oxygens (including phenoxy) is 1. The SMILES string of the molecule is CC1CCC(NCC2(O)CCOC2)c2ccccc21. The van der Waals surface area contributed by atoms with Crippen molar-refractivity contribution in [1.29, 1.82) is 0 Å². The molecule has 0 aromatic heterocycles. The van der Waals surface area contributed by atoms with Crippen LogP contribution in [0.4, 0.5) is 0 Å². The van der Waals surface area contributed by atoms with E-state index in [9.17, 15) is 5.11 Å². The van der Waals surface area contributed by atoms with Gasteiger partial charge < -0.3 is 15.2 Å². The summed E-state index contributed by atoms with van der Waals surface area (Å²) in [7, 11) is 0. The topological polar surface area (TPSA) is 41.5 Å². The number of benzene rings is 1. The number of rotatable bonds is 3. The minimum atomic E-state index is -0.669. The first-order valence-corrected chi connectivity index (χ1v) is 7.30. The monoisotopic (exact) mass is 261 g/mol. The zero-order valence-electron chi connectivity index (χ0n) is 11.6. The van der Waals surface area contributed by atoms with Crippen molar-refractivity contribution in [2.24, 2.45) is 0 Å². The Balaban J connectivity index is 1.70. The van der Waals surface area contributed by atoms with Crippen molar-refractivity contribution in [2.75, 3.05) is 19.8 Å². The Morgan fingerprint density at radius 2 is 2.11 bits per heavy atom. The molecule has 1 aromatic rings. The summed E-state index contributed by atoms with van der Waals surface area (Å²) >= 11 is 0. The third-order valence-electron chi connectivity index (χ3n) is 4.55. The Labute approximate surface area is 115 Å². The Bertz CT molecular complexity index is 440. The van der Waals surface area contributed by atoms with Crippen LogP contribution in [-0.2, 0) is 4.74 Å². The molecule has 2 N–H and O–H groups in total. The molecule has 1 aliphatic heterocycles. The van der Waals surface area contributed by atoms with Crippen molar-refractivity contribution in [3.8, 4) is 0 Å². The Hall–Kier alpha value is -0.900. The van der Waals surface area contributed by atoms with Crippen molar-refractivity contribution >= 4 is 0 Å². The summed E-state index contributed by atoms with van der Waals surface area (Å²) in [5.41, 5.74) is 2.20. The van der Waals surface area contributed by atoms with E-state index < -0.39 is 5.60 Å². The van der Waals surface area contributed by atoms with Crippen LogP contribution < -0.4 is 5.32 Å². The highest BCUT2D eigenvalue weighted by molar-refractivity contribution is 5.34. The lowest BCUT2D eigenvalue weighted by molar-refractivity contribution is 0.0242. The van der Waals surface area contributed by atoms with Gasteiger partial charge in [0.2, 0.25) is 0 Å². The number of hydrogen-bond donors (Lipinski definition) is 2. The second kappa shape index (κ2) is 5.23. The quantitative estimate of drug-likeness (QED) is 0.877. The van der Waals surface area contributed by atoms with Crippen molar-refractivity contribution < 1.29 is 9.84 Å². The van der Waals surface area contributed by atoms with E-state index in [1.165, 1.54) is 17.5 Å². The highest BCUT2D eigenvalue weighted by Crippen LogP contribution is 2.37. The molecule has 1 aliphatic carbocycles. The molecule has 0 bridgehead atoms. The fourth-order valence-electron chi connectivity index (χ4n) is 3.27. The summed E-state index contributed by atoms with van der Waals surface area (Å²) in [4.78, 5) is 0. The molecule has 3 atom stereocenters. The Morgan fingerprint density at radius 1 is 1.32 bits per heavy atom. The molecule has 0 saturated carbocycles. The van der Waals surface area contributed by atoms with E-state index in [2.05, 4.69) is 36.5 Å². The molecule has 1 saturated heterocycles. The van der Waals surface area contributed by atoms with Gasteiger partial charge in [0.25, 0.3) is 0 Å². The van der Waals surface area contributed by atoms with Gasteiger partial charge in [0.1, 0.15) is 5.60 Å². The molecule has 2 aliphatic rings. The number of aliphatic hydroxyl groups is 1. The van der Waals surface area contributed by atoms with E-state index in [0.29, 0.717) is 31.7 Å². The average Bonchev–Trinajstić information content (AvgIpc) is 2.86. The van der Waals surface area contributed by atoms with Gasteiger partial charge in [-0.25, -0.2) is 0 Å². The summed E-state index contributed by atoms with van der Waals surface area (Å²) < 4.78 is 5.30. The minimum absolute atomic E-state index is 0.372. The predicted molar refractivity (Wildman–Crippen MR) is 75.2 cm³/mol. The molecule has 3 unspecified atom stereocenters. The first kappa shape index (κ1) is 13.1. The van der Waals surface area contributed by atoms with Crippen LogP contribution >= 0.6 is 0 Å². The van der Waals surface area contributed by atoms with Crippen LogP contribution in [-0.4, -0.2) is 30.5 Å². The number of hydrogen-bond acceptors (Lipinski definition) is 3. The van der Waals surface area contributed by atoms with Crippen molar-refractivity contribution in [3.05, 3.63) is 35.4 Å². The maximum Gasteiger partial charge on any atom is 0.103 e. The van der Waals surface area contributed by atoms with Crippen molar-refractivity contribution in [1.82, 2.24) is 5.32 Å². The second-order valence-corrected chi connectivity index (χ2v) is 6.07. The van der Waals surface area contributed by atoms with Crippen LogP contribution in [0.3, 0.4) is 0 Å². The Kier molecular flexibility index (Phi) is 3.61. The molecule has 3 heteroatoms. The highest BCUT2D eigenvalue weighted by atomic mass is 16.5. The van der Waals surface area contributed by atoms with Crippen molar-refractivity contribution in [3.63, 3.8) is 0 Å². The van der Waals surface area contributed by atoms with E-state index in [1.807, 2.05) is 0 Å². The third-order valence-corrected chi connectivity index (χ3v) is 4.55. The molecule has 0 spiro atoms. The average molecular weight is 261 g/mol. The smallest absolute Gasteiger partial charge is 0.103 e. The summed E-state index contributed by atoms with van der Waals surface area (Å²) in [6.07, 6.45) is 3.10. The molecule has 3 nitrogen and oxygen atoms in total. The first-order chi connectivity index (χ1) is 9.18. The molecule has 1 heterocycles. The summed E-state index contributed by atoms with van der Waals surface area (Å²) in [5, 5.41) is 13.9. The largest absolute Gasteiger partial charge is 0.386 e. The predicted octanol–water partition coefficient (Wildman–Crippen LogP) is 2.37. The van der Waals surface area contributed by atoms with Crippen LogP contribution in [0.25, 0.3) is 0 Å². The summed E-state index contributed by atoms with van der Waals surface area (Å²) in [5.74, 6) is 0.646. The lowest BCUT2D eigenvalue weighted by Gasteiger charge is -2.32. The van der Waals surface area contributed by atoms with Gasteiger partial charge in [-0.3, -0.25) is 0 Å². The highest BCUT2D eigenvalue weighted by Gasteiger charge is 2.33. The van der Waals surface area contributed by atoms with Gasteiger partial charge in [0.05, 0.1) is 6.61 Å². The zero-order valence-corrected chi connectivity index (χ0v) is 11.6. The van der Waals surface area contributed by atoms with Gasteiger partial charge in [-0.05, 0) is 29.9 Å². The van der Waals surface area contributed by atoms with Crippen LogP contribution in [0.15, 0.2) is 24.3 Å². The third kappa shape index (κ3) is 2.69. The van der Waals surface area contributed by atoms with Gasteiger partial charge in [-0.15, -0.1) is 0 Å². The van der Waals surface area contributed by atoms with Crippen LogP contribution in [0, 0.1) is 0 Å². The molecule has 19 heavy (non-hydrogen) atoms. The molecule has 3 rings (SSSR count). The van der Waals surface area contributed by atoms with Crippen molar-refractivity contribution in [2.45, 2.75) is 43.7 Å². The van der Waals surface area contributed by atoms with Gasteiger partial charge >= 0.3 is 0 Å². The van der Waals surface area contributed by atoms with Crippen LogP contribution in [0.5, 0.6) is 0 Å². The molecule has 1 aromatic carbocycles. The van der Waals surface area contributed by atoms with Gasteiger partial charge in [-0.2, -0.15) is 0 Å². The molecular weight excluding hydrogens is 238 g/mol. The van der Waals surface area contributed by atoms with Crippen LogP contribution in [0.2, 0.25) is 0 Å². The maximum absolute atomic E-state index is 10.3. The minimum Gasteiger partial charge on any atom is -0.386 e. The molecule has 0 radical (unpaired) electrons. The number of fused-ring (bicyclic) bond motifs is 1. The van der Waals surface area contributed by atoms with Crippen LogP contribution in [0.1, 0.15) is 49.3 Å². The maximum atomic E-state index is 10.3. The van der Waals surface area contributed by atoms with Gasteiger partial charge in [-0.1, -0.05) is 31.2 Å². The van der Waals surface area contributed by atoms with E-state index in [0.717, 1.165) is 12.8 Å². The van der Waals surface area contributed by atoms with E-state index in [4.69, 9.17) is 4.74 Å². The standard InChI is InChI=1S/C16H23NO2/c1-12-6-7-15(14-5-3-2-4-13(12)14)17-10-16(18)8-9-19-11-16/h2-5,12,15,17-18H,6-11H2,1H3. The molecule has 0 amide bonds. The molecule has 1 fully saturated rings. The number of nitrogens with one attached hydrogen (secondary N) is 1.